The van der Waals surface area contributed by atoms with E-state index in [-0.39, 0.29) is 24.0 Å². The molecular weight excluding hydrogens is 206 g/mol. The van der Waals surface area contributed by atoms with Gasteiger partial charge in [0.15, 0.2) is 5.88 Å². The normalized spacial score (nSPS) is 12.2. The molecule has 0 bridgehead atoms. The molecule has 1 rings (SSSR count). The Balaban J connectivity index is 3.58. The molecule has 0 aliphatic heterocycles. The largest absolute Gasteiger partial charge is 0.494 e. The molecule has 1 heterocycles. The summed E-state index contributed by atoms with van der Waals surface area (Å²) >= 11 is 0. The van der Waals surface area contributed by atoms with E-state index in [9.17, 15) is 9.90 Å². The number of hydrogen-bond donors (Lipinski definition) is 2. The highest BCUT2D eigenvalue weighted by Gasteiger charge is 2.16. The number of aromatic nitrogens is 1. The predicted octanol–water partition coefficient (Wildman–Crippen LogP) is 0.390. The summed E-state index contributed by atoms with van der Waals surface area (Å²) in [5, 5.41) is 18.7. The van der Waals surface area contributed by atoms with E-state index in [4.69, 9.17) is 11.0 Å². The molecule has 3 N–H and O–H groups in total. The van der Waals surface area contributed by atoms with Crippen LogP contribution in [0.4, 0.5) is 0 Å². The Hall–Kier alpha value is -1.80. The maximum Gasteiger partial charge on any atom is 0.271 e. The molecule has 1 unspecified atom stereocenters. The van der Waals surface area contributed by atoms with Gasteiger partial charge in [-0.05, 0) is 26.3 Å². The van der Waals surface area contributed by atoms with Gasteiger partial charge in [-0.15, -0.1) is 0 Å². The molecule has 1 aromatic rings. The molecule has 0 radical (unpaired) electrons. The standard InChI is InChI=1S/C11H15N3O2/c1-6(13)5-14-10(15)8(3)7(2)9(4-12)11(14)16/h6,15H,5,13H2,1-3H3. The number of nitriles is 1. The fourth-order valence-electron chi connectivity index (χ4n) is 1.54. The van der Waals surface area contributed by atoms with Gasteiger partial charge >= 0.3 is 0 Å². The van der Waals surface area contributed by atoms with Crippen molar-refractivity contribution in [3.8, 4) is 11.9 Å². The van der Waals surface area contributed by atoms with E-state index in [0.29, 0.717) is 11.1 Å². The first kappa shape index (κ1) is 12.3. The highest BCUT2D eigenvalue weighted by molar-refractivity contribution is 5.44. The number of hydrogen-bond acceptors (Lipinski definition) is 4. The van der Waals surface area contributed by atoms with Crippen LogP contribution in [0.25, 0.3) is 0 Å². The van der Waals surface area contributed by atoms with Crippen molar-refractivity contribution in [2.75, 3.05) is 0 Å². The second-order valence-corrected chi connectivity index (χ2v) is 3.95. The number of aromatic hydroxyl groups is 1. The fourth-order valence-corrected chi connectivity index (χ4v) is 1.54. The third kappa shape index (κ3) is 1.92. The zero-order valence-electron chi connectivity index (χ0n) is 9.61. The van der Waals surface area contributed by atoms with Crippen molar-refractivity contribution in [3.05, 3.63) is 27.0 Å². The Bertz CT molecular complexity index is 509. The van der Waals surface area contributed by atoms with Crippen LogP contribution >= 0.6 is 0 Å². The quantitative estimate of drug-likeness (QED) is 0.755. The summed E-state index contributed by atoms with van der Waals surface area (Å²) in [4.78, 5) is 11.9. The van der Waals surface area contributed by atoms with Crippen molar-refractivity contribution >= 4 is 0 Å². The van der Waals surface area contributed by atoms with Crippen molar-refractivity contribution in [3.63, 3.8) is 0 Å². The van der Waals surface area contributed by atoms with Gasteiger partial charge in [-0.2, -0.15) is 5.26 Å². The second-order valence-electron chi connectivity index (χ2n) is 3.95. The van der Waals surface area contributed by atoms with Crippen LogP contribution in [0.3, 0.4) is 0 Å². The first-order valence-corrected chi connectivity index (χ1v) is 4.98. The van der Waals surface area contributed by atoms with Crippen LogP contribution in [0, 0.1) is 25.2 Å². The molecule has 1 atom stereocenters. The number of nitrogens with zero attached hydrogens (tertiary/aromatic N) is 2. The van der Waals surface area contributed by atoms with Gasteiger partial charge in [0.25, 0.3) is 5.56 Å². The molecule has 5 heteroatoms. The minimum absolute atomic E-state index is 0.0657. The lowest BCUT2D eigenvalue weighted by Gasteiger charge is -2.15. The molecule has 16 heavy (non-hydrogen) atoms. The van der Waals surface area contributed by atoms with Crippen LogP contribution in [0.5, 0.6) is 5.88 Å². The Kier molecular flexibility index (Phi) is 3.35. The lowest BCUT2D eigenvalue weighted by Crippen LogP contribution is -2.32. The van der Waals surface area contributed by atoms with Crippen LogP contribution in [0.2, 0.25) is 0 Å². The zero-order chi connectivity index (χ0) is 12.5. The van der Waals surface area contributed by atoms with Crippen molar-refractivity contribution in [2.24, 2.45) is 5.73 Å². The molecule has 0 saturated heterocycles. The highest BCUT2D eigenvalue weighted by Crippen LogP contribution is 2.19. The van der Waals surface area contributed by atoms with E-state index in [2.05, 4.69) is 0 Å². The van der Waals surface area contributed by atoms with E-state index >= 15 is 0 Å². The van der Waals surface area contributed by atoms with Crippen LogP contribution in [0.1, 0.15) is 23.6 Å². The average Bonchev–Trinajstić information content (AvgIpc) is 2.22. The topological polar surface area (TPSA) is 92.0 Å². The maximum absolute atomic E-state index is 11.9. The minimum Gasteiger partial charge on any atom is -0.494 e. The van der Waals surface area contributed by atoms with Crippen molar-refractivity contribution in [1.82, 2.24) is 4.57 Å². The monoisotopic (exact) mass is 221 g/mol. The third-order valence-corrected chi connectivity index (χ3v) is 2.57. The Morgan fingerprint density at radius 3 is 2.50 bits per heavy atom. The van der Waals surface area contributed by atoms with Gasteiger partial charge in [-0.3, -0.25) is 9.36 Å². The van der Waals surface area contributed by atoms with E-state index in [1.807, 2.05) is 6.07 Å². The molecule has 0 spiro atoms. The van der Waals surface area contributed by atoms with Crippen molar-refractivity contribution in [2.45, 2.75) is 33.4 Å². The van der Waals surface area contributed by atoms with Gasteiger partial charge in [0.05, 0.1) is 0 Å². The predicted molar refractivity (Wildman–Crippen MR) is 60.2 cm³/mol. The molecule has 0 aliphatic rings. The molecule has 0 aromatic carbocycles. The van der Waals surface area contributed by atoms with Gasteiger partial charge in [0.2, 0.25) is 0 Å². The molecule has 86 valence electrons. The van der Waals surface area contributed by atoms with E-state index < -0.39 is 5.56 Å². The first-order valence-electron chi connectivity index (χ1n) is 4.98. The summed E-state index contributed by atoms with van der Waals surface area (Å²) in [6.45, 7) is 5.24. The average molecular weight is 221 g/mol. The zero-order valence-corrected chi connectivity index (χ0v) is 9.61. The third-order valence-electron chi connectivity index (χ3n) is 2.57. The molecule has 0 fully saturated rings. The summed E-state index contributed by atoms with van der Waals surface area (Å²) in [7, 11) is 0. The second kappa shape index (κ2) is 4.37. The van der Waals surface area contributed by atoms with Crippen LogP contribution in [-0.4, -0.2) is 15.7 Å². The van der Waals surface area contributed by atoms with Gasteiger partial charge in [0, 0.05) is 18.2 Å². The SMILES string of the molecule is Cc1c(C)c(O)n(CC(C)N)c(=O)c1C#N. The summed E-state index contributed by atoms with van der Waals surface area (Å²) in [5.41, 5.74) is 6.23. The number of rotatable bonds is 2. The summed E-state index contributed by atoms with van der Waals surface area (Å²) in [5.74, 6) is -0.112. The van der Waals surface area contributed by atoms with Gasteiger partial charge in [0.1, 0.15) is 11.6 Å². The Morgan fingerprint density at radius 1 is 1.50 bits per heavy atom. The number of pyridine rings is 1. The first-order chi connectivity index (χ1) is 7.40. The van der Waals surface area contributed by atoms with Crippen LogP contribution < -0.4 is 11.3 Å². The van der Waals surface area contributed by atoms with E-state index in [0.717, 1.165) is 4.57 Å². The molecular formula is C11H15N3O2. The van der Waals surface area contributed by atoms with Crippen molar-refractivity contribution < 1.29 is 5.11 Å². The van der Waals surface area contributed by atoms with E-state index in [1.54, 1.807) is 20.8 Å². The molecule has 1 aromatic heterocycles. The Labute approximate surface area is 93.7 Å². The minimum atomic E-state index is -0.486. The lowest BCUT2D eigenvalue weighted by molar-refractivity contribution is 0.391. The van der Waals surface area contributed by atoms with Crippen molar-refractivity contribution in [1.29, 1.82) is 5.26 Å². The van der Waals surface area contributed by atoms with Gasteiger partial charge < -0.3 is 10.8 Å². The fraction of sp³-hybridized carbons (Fsp3) is 0.455. The highest BCUT2D eigenvalue weighted by atomic mass is 16.3. The summed E-state index contributed by atoms with van der Waals surface area (Å²) < 4.78 is 1.14. The van der Waals surface area contributed by atoms with Crippen LogP contribution in [0.15, 0.2) is 4.79 Å². The molecule has 0 amide bonds. The van der Waals surface area contributed by atoms with E-state index in [1.165, 1.54) is 0 Å². The van der Waals surface area contributed by atoms with Gasteiger partial charge in [-0.25, -0.2) is 0 Å². The van der Waals surface area contributed by atoms with Crippen LogP contribution in [-0.2, 0) is 6.54 Å². The maximum atomic E-state index is 11.9. The van der Waals surface area contributed by atoms with Gasteiger partial charge in [-0.1, -0.05) is 0 Å². The smallest absolute Gasteiger partial charge is 0.271 e. The summed E-state index contributed by atoms with van der Waals surface area (Å²) in [6, 6.07) is 1.59. The molecule has 5 nitrogen and oxygen atoms in total. The number of nitrogens with two attached hydrogens (primary N) is 1. The molecule has 0 saturated carbocycles. The lowest BCUT2D eigenvalue weighted by atomic mass is 10.1. The summed E-state index contributed by atoms with van der Waals surface area (Å²) in [6.07, 6.45) is 0. The Morgan fingerprint density at radius 2 is 2.06 bits per heavy atom. The molecule has 0 aliphatic carbocycles.